The van der Waals surface area contributed by atoms with Crippen molar-refractivity contribution in [2.45, 2.75) is 13.5 Å². The van der Waals surface area contributed by atoms with E-state index in [0.29, 0.717) is 11.3 Å². The van der Waals surface area contributed by atoms with Gasteiger partial charge in [0.2, 0.25) is 5.91 Å². The molecule has 5 rings (SSSR count). The number of hydrogen-bond acceptors (Lipinski definition) is 5. The molecule has 8 heteroatoms. The van der Waals surface area contributed by atoms with E-state index in [4.69, 9.17) is 0 Å². The molecule has 0 radical (unpaired) electrons. The molecule has 1 amide bonds. The quantitative estimate of drug-likeness (QED) is 0.485. The number of nitrogens with zero attached hydrogens (tertiary/aromatic N) is 4. The minimum Gasteiger partial charge on any atom is -0.324 e. The smallest absolute Gasteiger partial charge is 0.324 e. The Kier molecular flexibility index (Phi) is 4.40. The first kappa shape index (κ1) is 18.3. The van der Waals surface area contributed by atoms with E-state index in [1.54, 1.807) is 12.1 Å². The van der Waals surface area contributed by atoms with Gasteiger partial charge in [-0.3, -0.25) is 4.79 Å². The molecule has 0 aliphatic heterocycles. The summed E-state index contributed by atoms with van der Waals surface area (Å²) in [5.41, 5.74) is 4.82. The SMILES string of the molecule is Cc1ccc(-c2csc3c2ncn2c(=O)n(CC(=O)Nc4ccccc4)nc32)cc1. The largest absolute Gasteiger partial charge is 0.352 e. The lowest BCUT2D eigenvalue weighted by Gasteiger charge is -2.03. The topological polar surface area (TPSA) is 81.3 Å². The fourth-order valence-corrected chi connectivity index (χ4v) is 4.33. The third-order valence-electron chi connectivity index (χ3n) is 4.85. The molecule has 1 N–H and O–H groups in total. The van der Waals surface area contributed by atoms with Crippen LogP contribution in [-0.4, -0.2) is 25.1 Å². The molecule has 5 aromatic rings. The Labute approximate surface area is 175 Å². The minimum atomic E-state index is -0.395. The average molecular weight is 415 g/mol. The second-order valence-corrected chi connectivity index (χ2v) is 7.87. The van der Waals surface area contributed by atoms with Gasteiger partial charge in [0.15, 0.2) is 5.65 Å². The van der Waals surface area contributed by atoms with Crippen LogP contribution >= 0.6 is 11.3 Å². The lowest BCUT2D eigenvalue weighted by atomic mass is 10.1. The third kappa shape index (κ3) is 3.17. The number of benzene rings is 2. The second-order valence-electron chi connectivity index (χ2n) is 6.99. The molecule has 0 atom stereocenters. The average Bonchev–Trinajstić information content (AvgIpc) is 3.31. The second kappa shape index (κ2) is 7.23. The maximum atomic E-state index is 12.7. The van der Waals surface area contributed by atoms with Gasteiger partial charge >= 0.3 is 5.69 Å². The summed E-state index contributed by atoms with van der Waals surface area (Å²) < 4.78 is 3.36. The molecule has 3 aromatic heterocycles. The van der Waals surface area contributed by atoms with E-state index in [1.165, 1.54) is 32.3 Å². The highest BCUT2D eigenvalue weighted by Gasteiger charge is 2.17. The Morgan fingerprint density at radius 1 is 1.10 bits per heavy atom. The summed E-state index contributed by atoms with van der Waals surface area (Å²) in [6, 6.07) is 17.3. The maximum absolute atomic E-state index is 12.7. The van der Waals surface area contributed by atoms with Gasteiger partial charge < -0.3 is 5.32 Å². The molecule has 148 valence electrons. The minimum absolute atomic E-state index is 0.174. The van der Waals surface area contributed by atoms with Crippen LogP contribution in [0.15, 0.2) is 71.1 Å². The number of para-hydroxylation sites is 1. The Morgan fingerprint density at radius 3 is 2.63 bits per heavy atom. The predicted octanol–water partition coefficient (Wildman–Crippen LogP) is 3.72. The number of amides is 1. The zero-order valence-corrected chi connectivity index (χ0v) is 16.9. The highest BCUT2D eigenvalue weighted by Crippen LogP contribution is 2.34. The van der Waals surface area contributed by atoms with Gasteiger partial charge in [0.25, 0.3) is 0 Å². The molecule has 0 bridgehead atoms. The van der Waals surface area contributed by atoms with E-state index in [0.717, 1.165) is 21.3 Å². The van der Waals surface area contributed by atoms with Gasteiger partial charge in [-0.25, -0.2) is 18.9 Å². The van der Waals surface area contributed by atoms with Crippen LogP contribution in [0.4, 0.5) is 5.69 Å². The number of aromatic nitrogens is 4. The van der Waals surface area contributed by atoms with Crippen molar-refractivity contribution in [3.63, 3.8) is 0 Å². The summed E-state index contributed by atoms with van der Waals surface area (Å²) in [4.78, 5) is 29.6. The van der Waals surface area contributed by atoms with Crippen LogP contribution in [-0.2, 0) is 11.3 Å². The van der Waals surface area contributed by atoms with Gasteiger partial charge in [-0.05, 0) is 24.6 Å². The van der Waals surface area contributed by atoms with Gasteiger partial charge in [0.05, 0.1) is 10.2 Å². The maximum Gasteiger partial charge on any atom is 0.352 e. The van der Waals surface area contributed by atoms with Crippen molar-refractivity contribution >= 4 is 38.8 Å². The first-order chi connectivity index (χ1) is 14.6. The first-order valence-electron chi connectivity index (χ1n) is 9.37. The monoisotopic (exact) mass is 415 g/mol. The number of carbonyl (C=O) groups excluding carboxylic acids is 1. The zero-order valence-electron chi connectivity index (χ0n) is 16.1. The van der Waals surface area contributed by atoms with Crippen molar-refractivity contribution in [1.82, 2.24) is 19.2 Å². The Balaban J connectivity index is 1.52. The number of aryl methyl sites for hydroxylation is 1. The molecule has 0 saturated carbocycles. The number of nitrogens with one attached hydrogen (secondary N) is 1. The molecular formula is C22H17N5O2S. The van der Waals surface area contributed by atoms with E-state index in [2.05, 4.69) is 39.7 Å². The van der Waals surface area contributed by atoms with Crippen LogP contribution in [0.3, 0.4) is 0 Å². The van der Waals surface area contributed by atoms with Crippen LogP contribution in [0.25, 0.3) is 27.0 Å². The van der Waals surface area contributed by atoms with Crippen LogP contribution in [0, 0.1) is 6.92 Å². The fraction of sp³-hybridized carbons (Fsp3) is 0.0909. The number of anilines is 1. The van der Waals surface area contributed by atoms with Crippen molar-refractivity contribution in [3.8, 4) is 11.1 Å². The van der Waals surface area contributed by atoms with Crippen molar-refractivity contribution in [2.24, 2.45) is 0 Å². The molecule has 0 aliphatic carbocycles. The molecule has 0 saturated heterocycles. The van der Waals surface area contributed by atoms with Crippen molar-refractivity contribution in [2.75, 3.05) is 5.32 Å². The number of thiophene rings is 1. The molecule has 0 aliphatic rings. The summed E-state index contributed by atoms with van der Waals surface area (Å²) >= 11 is 1.49. The van der Waals surface area contributed by atoms with Crippen LogP contribution < -0.4 is 11.0 Å². The van der Waals surface area contributed by atoms with Crippen molar-refractivity contribution in [3.05, 3.63) is 82.4 Å². The van der Waals surface area contributed by atoms with Gasteiger partial charge in [-0.15, -0.1) is 16.4 Å². The molecule has 0 spiro atoms. The van der Waals surface area contributed by atoms with E-state index >= 15 is 0 Å². The van der Waals surface area contributed by atoms with Crippen molar-refractivity contribution in [1.29, 1.82) is 0 Å². The molecule has 0 unspecified atom stereocenters. The van der Waals surface area contributed by atoms with E-state index in [-0.39, 0.29) is 12.5 Å². The lowest BCUT2D eigenvalue weighted by molar-refractivity contribution is -0.117. The van der Waals surface area contributed by atoms with Gasteiger partial charge in [0.1, 0.15) is 12.9 Å². The molecule has 0 fully saturated rings. The van der Waals surface area contributed by atoms with Crippen LogP contribution in [0.5, 0.6) is 0 Å². The Hall–Kier alpha value is -3.78. The molecular weight excluding hydrogens is 398 g/mol. The summed E-state index contributed by atoms with van der Waals surface area (Å²) in [6.07, 6.45) is 1.48. The fourth-order valence-electron chi connectivity index (χ4n) is 3.33. The van der Waals surface area contributed by atoms with Gasteiger partial charge in [-0.2, -0.15) is 0 Å². The molecule has 3 heterocycles. The first-order valence-corrected chi connectivity index (χ1v) is 10.3. The standard InChI is InChI=1S/C22H17N5O2S/c1-14-7-9-15(10-8-14)17-12-30-20-19(17)23-13-26-21(20)25-27(22(26)29)11-18(28)24-16-5-3-2-4-6-16/h2-10,12-13H,11H2,1H3,(H,24,28). The molecule has 30 heavy (non-hydrogen) atoms. The van der Waals surface area contributed by atoms with E-state index in [9.17, 15) is 9.59 Å². The summed E-state index contributed by atoms with van der Waals surface area (Å²) in [6.45, 7) is 1.87. The molecule has 7 nitrogen and oxygen atoms in total. The van der Waals surface area contributed by atoms with E-state index in [1.807, 2.05) is 30.5 Å². The number of carbonyl (C=O) groups is 1. The summed E-state index contributed by atoms with van der Waals surface area (Å²) in [7, 11) is 0. The van der Waals surface area contributed by atoms with Gasteiger partial charge in [-0.1, -0.05) is 48.0 Å². The number of rotatable bonds is 4. The predicted molar refractivity (Wildman–Crippen MR) is 118 cm³/mol. The summed E-state index contributed by atoms with van der Waals surface area (Å²) in [5.74, 6) is -0.317. The summed E-state index contributed by atoms with van der Waals surface area (Å²) in [5, 5.41) is 9.21. The number of hydrogen-bond donors (Lipinski definition) is 1. The van der Waals surface area contributed by atoms with Crippen LogP contribution in [0.2, 0.25) is 0 Å². The number of fused-ring (bicyclic) bond motifs is 3. The lowest BCUT2D eigenvalue weighted by Crippen LogP contribution is -2.28. The Morgan fingerprint density at radius 2 is 1.87 bits per heavy atom. The zero-order chi connectivity index (χ0) is 20.7. The van der Waals surface area contributed by atoms with E-state index < -0.39 is 5.69 Å². The van der Waals surface area contributed by atoms with Crippen LogP contribution in [0.1, 0.15) is 5.56 Å². The van der Waals surface area contributed by atoms with Gasteiger partial charge in [0, 0.05) is 16.6 Å². The molecule has 2 aromatic carbocycles. The normalized spacial score (nSPS) is 11.2. The highest BCUT2D eigenvalue weighted by molar-refractivity contribution is 7.18. The third-order valence-corrected chi connectivity index (χ3v) is 5.82. The van der Waals surface area contributed by atoms with Crippen molar-refractivity contribution < 1.29 is 4.79 Å². The Bertz CT molecular complexity index is 1430. The highest BCUT2D eigenvalue weighted by atomic mass is 32.1.